The number of primary amides is 1. The van der Waals surface area contributed by atoms with Crippen LogP contribution in [0.1, 0.15) is 65.7 Å². The summed E-state index contributed by atoms with van der Waals surface area (Å²) < 4.78 is 0. The van der Waals surface area contributed by atoms with Crippen molar-refractivity contribution in [3.63, 3.8) is 0 Å². The fourth-order valence-corrected chi connectivity index (χ4v) is 3.74. The number of amides is 1. The van der Waals surface area contributed by atoms with Crippen LogP contribution in [0, 0.1) is 0 Å². The quantitative estimate of drug-likeness (QED) is 0.750. The lowest BCUT2D eigenvalue weighted by Crippen LogP contribution is -2.61. The summed E-state index contributed by atoms with van der Waals surface area (Å²) in [6.45, 7) is 7.80. The highest BCUT2D eigenvalue weighted by atomic mass is 16.1. The molecular formula is C16H31N3O. The predicted octanol–water partition coefficient (Wildman–Crippen LogP) is 2.03. The number of rotatable bonds is 7. The van der Waals surface area contributed by atoms with Crippen molar-refractivity contribution >= 4 is 5.91 Å². The smallest absolute Gasteiger partial charge is 0.237 e. The predicted molar refractivity (Wildman–Crippen MR) is 82.5 cm³/mol. The van der Waals surface area contributed by atoms with Crippen LogP contribution in [0.4, 0.5) is 0 Å². The number of carbonyl (C=O) groups excluding carboxylic acids is 1. The standard InChI is InChI=1S/C16H31N3O/c1-4-12(3)19(5-2)14-7-6-10-16(11-14,15(17)20)18-13-8-9-13/h12-14,18H,4-11H2,1-3H3,(H2,17,20). The van der Waals surface area contributed by atoms with Crippen LogP contribution in [0.3, 0.4) is 0 Å². The average molecular weight is 281 g/mol. The molecular weight excluding hydrogens is 250 g/mol. The van der Waals surface area contributed by atoms with Crippen molar-refractivity contribution in [2.75, 3.05) is 6.54 Å². The van der Waals surface area contributed by atoms with E-state index < -0.39 is 5.54 Å². The van der Waals surface area contributed by atoms with Gasteiger partial charge in [-0.2, -0.15) is 0 Å². The van der Waals surface area contributed by atoms with Gasteiger partial charge in [-0.1, -0.05) is 13.8 Å². The highest BCUT2D eigenvalue weighted by molar-refractivity contribution is 5.85. The zero-order valence-electron chi connectivity index (χ0n) is 13.3. The van der Waals surface area contributed by atoms with Gasteiger partial charge in [0.15, 0.2) is 0 Å². The highest BCUT2D eigenvalue weighted by Gasteiger charge is 2.45. The van der Waals surface area contributed by atoms with Gasteiger partial charge in [0.2, 0.25) is 5.91 Å². The van der Waals surface area contributed by atoms with Gasteiger partial charge in [0.25, 0.3) is 0 Å². The first kappa shape index (κ1) is 15.8. The third-order valence-corrected chi connectivity index (χ3v) is 5.25. The maximum Gasteiger partial charge on any atom is 0.237 e. The molecule has 0 aromatic carbocycles. The third kappa shape index (κ3) is 3.34. The molecule has 0 spiro atoms. The van der Waals surface area contributed by atoms with Crippen LogP contribution >= 0.6 is 0 Å². The number of nitrogens with zero attached hydrogens (tertiary/aromatic N) is 1. The number of carbonyl (C=O) groups is 1. The van der Waals surface area contributed by atoms with Crippen molar-refractivity contribution in [2.24, 2.45) is 5.73 Å². The van der Waals surface area contributed by atoms with Crippen LogP contribution in [0.5, 0.6) is 0 Å². The second-order valence-electron chi connectivity index (χ2n) is 6.70. The Balaban J connectivity index is 2.09. The van der Waals surface area contributed by atoms with E-state index in [0.29, 0.717) is 18.1 Å². The molecule has 0 aromatic heterocycles. The van der Waals surface area contributed by atoms with E-state index in [1.807, 2.05) is 0 Å². The van der Waals surface area contributed by atoms with Gasteiger partial charge in [-0.3, -0.25) is 9.69 Å². The van der Waals surface area contributed by atoms with E-state index in [4.69, 9.17) is 5.73 Å². The van der Waals surface area contributed by atoms with Gasteiger partial charge in [-0.05, 0) is 58.4 Å². The van der Waals surface area contributed by atoms with Gasteiger partial charge in [-0.15, -0.1) is 0 Å². The Kier molecular flexibility index (Phi) is 5.08. The van der Waals surface area contributed by atoms with Gasteiger partial charge in [-0.25, -0.2) is 0 Å². The molecule has 4 heteroatoms. The summed E-state index contributed by atoms with van der Waals surface area (Å²) in [5, 5.41) is 3.57. The molecule has 1 amide bonds. The zero-order valence-corrected chi connectivity index (χ0v) is 13.3. The van der Waals surface area contributed by atoms with Crippen molar-refractivity contribution < 1.29 is 4.79 Å². The Bertz CT molecular complexity index is 343. The molecule has 0 saturated heterocycles. The van der Waals surface area contributed by atoms with Gasteiger partial charge in [0, 0.05) is 18.1 Å². The molecule has 0 heterocycles. The molecule has 0 aliphatic heterocycles. The SMILES string of the molecule is CCC(C)N(CC)C1CCCC(NC2CC2)(C(N)=O)C1. The third-order valence-electron chi connectivity index (χ3n) is 5.25. The zero-order chi connectivity index (χ0) is 14.8. The summed E-state index contributed by atoms with van der Waals surface area (Å²) in [6, 6.07) is 1.59. The molecule has 2 rings (SSSR count). The Hall–Kier alpha value is -0.610. The summed E-state index contributed by atoms with van der Waals surface area (Å²) in [5.74, 6) is -0.144. The summed E-state index contributed by atoms with van der Waals surface area (Å²) in [7, 11) is 0. The maximum absolute atomic E-state index is 12.1. The first-order valence-electron chi connectivity index (χ1n) is 8.35. The second kappa shape index (κ2) is 6.44. The fraction of sp³-hybridized carbons (Fsp3) is 0.938. The van der Waals surface area contributed by atoms with Crippen molar-refractivity contribution in [1.29, 1.82) is 0 Å². The molecule has 4 nitrogen and oxygen atoms in total. The molecule has 3 atom stereocenters. The van der Waals surface area contributed by atoms with E-state index in [-0.39, 0.29) is 5.91 Å². The van der Waals surface area contributed by atoms with Gasteiger partial charge in [0.1, 0.15) is 0 Å². The summed E-state index contributed by atoms with van der Waals surface area (Å²) in [6.07, 6.45) is 7.64. The van der Waals surface area contributed by atoms with Crippen LogP contribution in [0.2, 0.25) is 0 Å². The van der Waals surface area contributed by atoms with Crippen LogP contribution < -0.4 is 11.1 Å². The minimum Gasteiger partial charge on any atom is -0.368 e. The van der Waals surface area contributed by atoms with Crippen LogP contribution in [0.25, 0.3) is 0 Å². The van der Waals surface area contributed by atoms with E-state index in [0.717, 1.165) is 32.2 Å². The van der Waals surface area contributed by atoms with Gasteiger partial charge in [0.05, 0.1) is 5.54 Å². The molecule has 0 bridgehead atoms. The second-order valence-corrected chi connectivity index (χ2v) is 6.70. The molecule has 2 fully saturated rings. The molecule has 3 unspecified atom stereocenters. The van der Waals surface area contributed by atoms with E-state index in [1.165, 1.54) is 19.3 Å². The Morgan fingerprint density at radius 1 is 1.40 bits per heavy atom. The van der Waals surface area contributed by atoms with Crippen molar-refractivity contribution in [3.05, 3.63) is 0 Å². The van der Waals surface area contributed by atoms with Crippen molar-refractivity contribution in [3.8, 4) is 0 Å². The lowest BCUT2D eigenvalue weighted by atomic mass is 9.77. The molecule has 0 aromatic rings. The molecule has 3 N–H and O–H groups in total. The van der Waals surface area contributed by atoms with E-state index >= 15 is 0 Å². The molecule has 2 saturated carbocycles. The van der Waals surface area contributed by atoms with Crippen molar-refractivity contribution in [1.82, 2.24) is 10.2 Å². The Morgan fingerprint density at radius 2 is 2.10 bits per heavy atom. The van der Waals surface area contributed by atoms with Gasteiger partial charge >= 0.3 is 0 Å². The van der Waals surface area contributed by atoms with Crippen LogP contribution in [0.15, 0.2) is 0 Å². The number of hydrogen-bond acceptors (Lipinski definition) is 3. The summed E-state index contributed by atoms with van der Waals surface area (Å²) in [5.41, 5.74) is 5.32. The fourth-order valence-electron chi connectivity index (χ4n) is 3.74. The average Bonchev–Trinajstić information content (AvgIpc) is 3.23. The Morgan fingerprint density at radius 3 is 2.60 bits per heavy atom. The van der Waals surface area contributed by atoms with Crippen LogP contribution in [-0.2, 0) is 4.79 Å². The molecule has 2 aliphatic carbocycles. The molecule has 116 valence electrons. The molecule has 20 heavy (non-hydrogen) atoms. The summed E-state index contributed by atoms with van der Waals surface area (Å²) >= 11 is 0. The summed E-state index contributed by atoms with van der Waals surface area (Å²) in [4.78, 5) is 14.6. The minimum atomic E-state index is -0.453. The molecule has 2 aliphatic rings. The minimum absolute atomic E-state index is 0.144. The number of nitrogens with one attached hydrogen (secondary N) is 1. The van der Waals surface area contributed by atoms with E-state index in [2.05, 4.69) is 31.0 Å². The largest absolute Gasteiger partial charge is 0.368 e. The number of hydrogen-bond donors (Lipinski definition) is 2. The monoisotopic (exact) mass is 281 g/mol. The van der Waals surface area contributed by atoms with Gasteiger partial charge < -0.3 is 11.1 Å². The van der Waals surface area contributed by atoms with Crippen LogP contribution in [-0.4, -0.2) is 41.0 Å². The molecule has 0 radical (unpaired) electrons. The first-order chi connectivity index (χ1) is 9.52. The lowest BCUT2D eigenvalue weighted by molar-refractivity contribution is -0.127. The van der Waals surface area contributed by atoms with E-state index in [9.17, 15) is 4.79 Å². The normalized spacial score (nSPS) is 32.3. The maximum atomic E-state index is 12.1. The first-order valence-corrected chi connectivity index (χ1v) is 8.35. The van der Waals surface area contributed by atoms with Crippen molar-refractivity contribution in [2.45, 2.75) is 89.4 Å². The lowest BCUT2D eigenvalue weighted by Gasteiger charge is -2.45. The van der Waals surface area contributed by atoms with E-state index in [1.54, 1.807) is 0 Å². The highest BCUT2D eigenvalue weighted by Crippen LogP contribution is 2.35. The number of nitrogens with two attached hydrogens (primary N) is 1. The topological polar surface area (TPSA) is 58.4 Å². The Labute approximate surface area is 123 Å².